The van der Waals surface area contributed by atoms with Crippen LogP contribution in [-0.2, 0) is 9.59 Å². The standard InChI is InChI=1S/C20H28N4O2/c1-13(25)23-20-9-14-6-15(10-20)8-19(7-14,12-20)18(26)22-16-4-5-17(21-11-16)24(2)3/h4-5,11,14-15H,6-10,12H2,1-3H3,(H,22,26)(H,23,25). The predicted octanol–water partition coefficient (Wildman–Crippen LogP) is 2.56. The SMILES string of the molecule is CC(=O)NC12CC3CC(C1)CC(C(=O)Nc1ccc(N(C)C)nc1)(C3)C2. The van der Waals surface area contributed by atoms with E-state index >= 15 is 0 Å². The molecule has 4 saturated carbocycles. The fourth-order valence-corrected chi connectivity index (χ4v) is 6.04. The fourth-order valence-electron chi connectivity index (χ4n) is 6.04. The second-order valence-electron chi connectivity index (χ2n) is 8.96. The molecule has 1 aromatic rings. The van der Waals surface area contributed by atoms with Crippen LogP contribution in [0.2, 0.25) is 0 Å². The monoisotopic (exact) mass is 356 g/mol. The summed E-state index contributed by atoms with van der Waals surface area (Å²) in [5, 5.41) is 6.32. The Balaban J connectivity index is 1.54. The Hall–Kier alpha value is -2.11. The maximum absolute atomic E-state index is 13.3. The Morgan fingerprint density at radius 1 is 1.15 bits per heavy atom. The first-order chi connectivity index (χ1) is 12.3. The molecule has 0 saturated heterocycles. The Labute approximate surface area is 154 Å². The van der Waals surface area contributed by atoms with Crippen LogP contribution in [0.5, 0.6) is 0 Å². The summed E-state index contributed by atoms with van der Waals surface area (Å²) >= 11 is 0. The molecule has 5 rings (SSSR count). The van der Waals surface area contributed by atoms with E-state index in [4.69, 9.17) is 0 Å². The predicted molar refractivity (Wildman–Crippen MR) is 101 cm³/mol. The average Bonchev–Trinajstić information content (AvgIpc) is 2.52. The van der Waals surface area contributed by atoms with Crippen molar-refractivity contribution in [2.45, 2.75) is 51.0 Å². The minimum atomic E-state index is -0.354. The van der Waals surface area contributed by atoms with E-state index in [1.165, 1.54) is 6.42 Å². The molecular formula is C20H28N4O2. The Kier molecular flexibility index (Phi) is 3.97. The van der Waals surface area contributed by atoms with Crippen molar-refractivity contribution >= 4 is 23.3 Å². The molecule has 2 atom stereocenters. The van der Waals surface area contributed by atoms with E-state index in [1.807, 2.05) is 31.1 Å². The minimum Gasteiger partial charge on any atom is -0.363 e. The second kappa shape index (κ2) is 5.96. The van der Waals surface area contributed by atoms with Gasteiger partial charge in [0.2, 0.25) is 11.8 Å². The molecule has 2 amide bonds. The van der Waals surface area contributed by atoms with Crippen molar-refractivity contribution in [2.24, 2.45) is 17.3 Å². The van der Waals surface area contributed by atoms with Gasteiger partial charge in [0.15, 0.2) is 0 Å². The number of hydrogen-bond acceptors (Lipinski definition) is 4. The molecule has 26 heavy (non-hydrogen) atoms. The van der Waals surface area contributed by atoms with Crippen LogP contribution in [0.3, 0.4) is 0 Å². The van der Waals surface area contributed by atoms with Gasteiger partial charge in [-0.1, -0.05) is 0 Å². The lowest BCUT2D eigenvalue weighted by atomic mass is 9.46. The highest BCUT2D eigenvalue weighted by Gasteiger charge is 2.60. The van der Waals surface area contributed by atoms with Crippen molar-refractivity contribution in [3.8, 4) is 0 Å². The van der Waals surface area contributed by atoms with Crippen LogP contribution < -0.4 is 15.5 Å². The first-order valence-corrected chi connectivity index (χ1v) is 9.53. The zero-order chi connectivity index (χ0) is 18.5. The van der Waals surface area contributed by atoms with Crippen molar-refractivity contribution in [3.63, 3.8) is 0 Å². The molecule has 4 bridgehead atoms. The molecule has 2 N–H and O–H groups in total. The first-order valence-electron chi connectivity index (χ1n) is 9.53. The zero-order valence-electron chi connectivity index (χ0n) is 15.8. The molecule has 4 aliphatic rings. The number of aromatic nitrogens is 1. The maximum atomic E-state index is 13.3. The van der Waals surface area contributed by atoms with Gasteiger partial charge in [-0.05, 0) is 62.5 Å². The van der Waals surface area contributed by atoms with Gasteiger partial charge in [-0.15, -0.1) is 0 Å². The van der Waals surface area contributed by atoms with Crippen molar-refractivity contribution in [3.05, 3.63) is 18.3 Å². The summed E-state index contributed by atoms with van der Waals surface area (Å²) in [5.41, 5.74) is 0.206. The van der Waals surface area contributed by atoms with Crippen LogP contribution in [0.25, 0.3) is 0 Å². The largest absolute Gasteiger partial charge is 0.363 e. The normalized spacial score (nSPS) is 34.4. The van der Waals surface area contributed by atoms with E-state index in [0.29, 0.717) is 11.8 Å². The van der Waals surface area contributed by atoms with E-state index in [0.717, 1.165) is 43.6 Å². The number of anilines is 2. The van der Waals surface area contributed by atoms with Gasteiger partial charge in [0.05, 0.1) is 17.3 Å². The average molecular weight is 356 g/mol. The van der Waals surface area contributed by atoms with Gasteiger partial charge in [0.25, 0.3) is 0 Å². The molecule has 140 valence electrons. The molecule has 6 heteroatoms. The number of carbonyl (C=O) groups is 2. The molecule has 0 aliphatic heterocycles. The number of nitrogens with zero attached hydrogens (tertiary/aromatic N) is 2. The van der Waals surface area contributed by atoms with Crippen molar-refractivity contribution in [1.29, 1.82) is 0 Å². The van der Waals surface area contributed by atoms with E-state index in [9.17, 15) is 9.59 Å². The van der Waals surface area contributed by atoms with Crippen LogP contribution in [0, 0.1) is 17.3 Å². The minimum absolute atomic E-state index is 0.0194. The van der Waals surface area contributed by atoms with Crippen LogP contribution >= 0.6 is 0 Å². The first kappa shape index (κ1) is 17.3. The molecule has 4 fully saturated rings. The van der Waals surface area contributed by atoms with E-state index < -0.39 is 0 Å². The summed E-state index contributed by atoms with van der Waals surface area (Å²) in [6.07, 6.45) is 7.63. The molecule has 0 aromatic carbocycles. The van der Waals surface area contributed by atoms with Crippen LogP contribution in [0.15, 0.2) is 18.3 Å². The highest BCUT2D eigenvalue weighted by Crippen LogP contribution is 2.61. The van der Waals surface area contributed by atoms with Crippen molar-refractivity contribution < 1.29 is 9.59 Å². The lowest BCUT2D eigenvalue weighted by Crippen LogP contribution is -2.65. The molecule has 4 aliphatic carbocycles. The number of hydrogen-bond donors (Lipinski definition) is 2. The van der Waals surface area contributed by atoms with E-state index in [1.54, 1.807) is 13.1 Å². The molecular weight excluding hydrogens is 328 g/mol. The van der Waals surface area contributed by atoms with Crippen LogP contribution in [-0.4, -0.2) is 36.4 Å². The quantitative estimate of drug-likeness (QED) is 0.869. The molecule has 0 radical (unpaired) electrons. The second-order valence-corrected chi connectivity index (χ2v) is 8.96. The topological polar surface area (TPSA) is 74.3 Å². The molecule has 0 spiro atoms. The molecule has 1 aromatic heterocycles. The number of amides is 2. The summed E-state index contributed by atoms with van der Waals surface area (Å²) in [6.45, 7) is 1.59. The molecule has 2 unspecified atom stereocenters. The molecule has 6 nitrogen and oxygen atoms in total. The third kappa shape index (κ3) is 2.95. The van der Waals surface area contributed by atoms with E-state index in [-0.39, 0.29) is 22.8 Å². The smallest absolute Gasteiger partial charge is 0.230 e. The van der Waals surface area contributed by atoms with Gasteiger partial charge in [-0.2, -0.15) is 0 Å². The fraction of sp³-hybridized carbons (Fsp3) is 0.650. The van der Waals surface area contributed by atoms with Gasteiger partial charge in [-0.25, -0.2) is 4.98 Å². The van der Waals surface area contributed by atoms with Gasteiger partial charge >= 0.3 is 0 Å². The number of rotatable bonds is 4. The van der Waals surface area contributed by atoms with Crippen LogP contribution in [0.4, 0.5) is 11.5 Å². The maximum Gasteiger partial charge on any atom is 0.230 e. The van der Waals surface area contributed by atoms with Crippen LogP contribution in [0.1, 0.15) is 45.4 Å². The highest BCUT2D eigenvalue weighted by atomic mass is 16.2. The summed E-state index contributed by atoms with van der Waals surface area (Å²) in [7, 11) is 3.88. The highest BCUT2D eigenvalue weighted by molar-refractivity contribution is 5.95. The lowest BCUT2D eigenvalue weighted by Gasteiger charge is -2.61. The third-order valence-electron chi connectivity index (χ3n) is 6.45. The zero-order valence-corrected chi connectivity index (χ0v) is 15.8. The number of nitrogens with one attached hydrogen (secondary N) is 2. The van der Waals surface area contributed by atoms with E-state index in [2.05, 4.69) is 15.6 Å². The Morgan fingerprint density at radius 2 is 1.85 bits per heavy atom. The summed E-state index contributed by atoms with van der Waals surface area (Å²) < 4.78 is 0. The number of pyridine rings is 1. The lowest BCUT2D eigenvalue weighted by molar-refractivity contribution is -0.148. The Bertz CT molecular complexity index is 714. The summed E-state index contributed by atoms with van der Waals surface area (Å²) in [5.74, 6) is 2.07. The molecule has 1 heterocycles. The van der Waals surface area contributed by atoms with Gasteiger partial charge in [0.1, 0.15) is 5.82 Å². The summed E-state index contributed by atoms with van der Waals surface area (Å²) in [4.78, 5) is 31.3. The van der Waals surface area contributed by atoms with Gasteiger partial charge < -0.3 is 15.5 Å². The van der Waals surface area contributed by atoms with Gasteiger partial charge in [0, 0.05) is 26.6 Å². The van der Waals surface area contributed by atoms with Crippen molar-refractivity contribution in [1.82, 2.24) is 10.3 Å². The Morgan fingerprint density at radius 3 is 2.38 bits per heavy atom. The summed E-state index contributed by atoms with van der Waals surface area (Å²) in [6, 6.07) is 3.82. The van der Waals surface area contributed by atoms with Crippen molar-refractivity contribution in [2.75, 3.05) is 24.3 Å². The number of carbonyl (C=O) groups excluding carboxylic acids is 2. The van der Waals surface area contributed by atoms with Gasteiger partial charge in [-0.3, -0.25) is 9.59 Å². The third-order valence-corrected chi connectivity index (χ3v) is 6.45.